The number of alkyl halides is 3. The van der Waals surface area contributed by atoms with Gasteiger partial charge in [-0.15, -0.1) is 0 Å². The minimum atomic E-state index is -4.42. The number of halogens is 3. The molecule has 2 N–H and O–H groups in total. The number of hydrogen-bond donors (Lipinski definition) is 2. The number of rotatable bonds is 5. The first-order valence-electron chi connectivity index (χ1n) is 10.5. The Morgan fingerprint density at radius 2 is 1.88 bits per heavy atom. The van der Waals surface area contributed by atoms with Crippen molar-refractivity contribution in [3.63, 3.8) is 0 Å². The molecule has 0 spiro atoms. The largest absolute Gasteiger partial charge is 0.401 e. The Morgan fingerprint density at radius 1 is 1.09 bits per heavy atom. The number of benzene rings is 1. The number of amides is 4. The SMILES string of the molecule is O=C1CCC(N2C(=O)c3cccc(CN(CC(F)(F)F)C4CCCNC4)c3C2=O)C(=O)N1. The molecule has 4 amide bonds. The van der Waals surface area contributed by atoms with E-state index in [1.165, 1.54) is 23.1 Å². The number of nitrogens with zero attached hydrogens (tertiary/aromatic N) is 2. The fourth-order valence-corrected chi connectivity index (χ4v) is 4.62. The summed E-state index contributed by atoms with van der Waals surface area (Å²) < 4.78 is 39.9. The lowest BCUT2D eigenvalue weighted by Crippen LogP contribution is -2.54. The molecule has 2 atom stereocenters. The molecule has 3 heterocycles. The van der Waals surface area contributed by atoms with Crippen LogP contribution in [-0.2, 0) is 16.1 Å². The van der Waals surface area contributed by atoms with Gasteiger partial charge >= 0.3 is 6.18 Å². The maximum atomic E-state index is 13.3. The number of piperidine rings is 2. The normalized spacial score (nSPS) is 24.2. The van der Waals surface area contributed by atoms with Crippen LogP contribution in [0.1, 0.15) is 52.0 Å². The monoisotopic (exact) mass is 452 g/mol. The Bertz CT molecular complexity index is 959. The first kappa shape index (κ1) is 22.4. The highest BCUT2D eigenvalue weighted by Crippen LogP contribution is 2.32. The van der Waals surface area contributed by atoms with E-state index in [9.17, 15) is 32.3 Å². The fourth-order valence-electron chi connectivity index (χ4n) is 4.62. The lowest BCUT2D eigenvalue weighted by atomic mass is 10.00. The highest BCUT2D eigenvalue weighted by Gasteiger charge is 2.46. The molecule has 0 aromatic heterocycles. The molecule has 4 rings (SSSR count). The summed E-state index contributed by atoms with van der Waals surface area (Å²) in [6.07, 6.45) is -3.09. The average Bonchev–Trinajstić information content (AvgIpc) is 2.99. The standard InChI is InChI=1S/C21H23F3N4O4/c22-21(23,24)11-27(13-4-2-8-25-9-13)10-12-3-1-5-14-17(12)20(32)28(19(14)31)15-6-7-16(29)26-18(15)30/h1,3,5,13,15,25H,2,4,6-11H2,(H,26,29,30). The molecule has 172 valence electrons. The predicted octanol–water partition coefficient (Wildman–Crippen LogP) is 1.20. The molecular formula is C21H23F3N4O4. The molecule has 2 unspecified atom stereocenters. The van der Waals surface area contributed by atoms with Crippen LogP contribution in [0, 0.1) is 0 Å². The molecule has 3 aliphatic heterocycles. The van der Waals surface area contributed by atoms with Crippen LogP contribution in [0.2, 0.25) is 0 Å². The van der Waals surface area contributed by atoms with E-state index in [2.05, 4.69) is 10.6 Å². The molecule has 0 saturated carbocycles. The lowest BCUT2D eigenvalue weighted by Gasteiger charge is -2.35. The van der Waals surface area contributed by atoms with Crippen LogP contribution in [0.15, 0.2) is 18.2 Å². The maximum absolute atomic E-state index is 13.3. The number of hydrogen-bond acceptors (Lipinski definition) is 6. The molecule has 0 aliphatic carbocycles. The summed E-state index contributed by atoms with van der Waals surface area (Å²) in [7, 11) is 0. The van der Waals surface area contributed by atoms with Crippen molar-refractivity contribution < 1.29 is 32.3 Å². The van der Waals surface area contributed by atoms with Crippen molar-refractivity contribution in [3.8, 4) is 0 Å². The third-order valence-corrected chi connectivity index (χ3v) is 6.10. The molecule has 0 radical (unpaired) electrons. The average molecular weight is 452 g/mol. The molecule has 2 saturated heterocycles. The van der Waals surface area contributed by atoms with E-state index in [-0.39, 0.29) is 36.6 Å². The Kier molecular flexibility index (Phi) is 6.04. The molecule has 1 aromatic rings. The molecule has 11 heteroatoms. The second kappa shape index (κ2) is 8.62. The minimum absolute atomic E-state index is 0.00922. The molecule has 2 fully saturated rings. The second-order valence-electron chi connectivity index (χ2n) is 8.31. The Balaban J connectivity index is 1.63. The first-order chi connectivity index (χ1) is 15.2. The van der Waals surface area contributed by atoms with Crippen LogP contribution in [0.25, 0.3) is 0 Å². The number of nitrogens with one attached hydrogen (secondary N) is 2. The van der Waals surface area contributed by atoms with Crippen LogP contribution in [0.4, 0.5) is 13.2 Å². The van der Waals surface area contributed by atoms with E-state index < -0.39 is 42.4 Å². The van der Waals surface area contributed by atoms with Crippen molar-refractivity contribution >= 4 is 23.6 Å². The van der Waals surface area contributed by atoms with Gasteiger partial charge in [-0.25, -0.2) is 0 Å². The van der Waals surface area contributed by atoms with Gasteiger partial charge in [0.05, 0.1) is 17.7 Å². The number of carbonyl (C=O) groups is 4. The zero-order valence-electron chi connectivity index (χ0n) is 17.2. The zero-order chi connectivity index (χ0) is 23.0. The van der Waals surface area contributed by atoms with Gasteiger partial charge in [-0.05, 0) is 37.4 Å². The summed E-state index contributed by atoms with van der Waals surface area (Å²) >= 11 is 0. The topological polar surface area (TPSA) is 98.8 Å². The van der Waals surface area contributed by atoms with E-state index in [1.54, 1.807) is 0 Å². The smallest absolute Gasteiger partial charge is 0.315 e. The number of imide groups is 2. The Labute approximate surface area is 182 Å². The maximum Gasteiger partial charge on any atom is 0.401 e. The molecular weight excluding hydrogens is 429 g/mol. The summed E-state index contributed by atoms with van der Waals surface area (Å²) in [5, 5.41) is 5.23. The third kappa shape index (κ3) is 4.40. The van der Waals surface area contributed by atoms with Crippen molar-refractivity contribution in [2.75, 3.05) is 19.6 Å². The van der Waals surface area contributed by atoms with Gasteiger partial charge in [0, 0.05) is 25.6 Å². The molecule has 32 heavy (non-hydrogen) atoms. The molecule has 8 nitrogen and oxygen atoms in total. The zero-order valence-corrected chi connectivity index (χ0v) is 17.2. The lowest BCUT2D eigenvalue weighted by molar-refractivity contribution is -0.153. The van der Waals surface area contributed by atoms with E-state index in [0.717, 1.165) is 17.9 Å². The van der Waals surface area contributed by atoms with Gasteiger partial charge in [-0.3, -0.25) is 34.3 Å². The van der Waals surface area contributed by atoms with Gasteiger partial charge in [0.1, 0.15) is 6.04 Å². The van der Waals surface area contributed by atoms with Crippen molar-refractivity contribution in [2.45, 2.75) is 50.5 Å². The second-order valence-corrected chi connectivity index (χ2v) is 8.31. The highest BCUT2D eigenvalue weighted by atomic mass is 19.4. The number of carbonyl (C=O) groups excluding carboxylic acids is 4. The van der Waals surface area contributed by atoms with Gasteiger partial charge in [-0.1, -0.05) is 12.1 Å². The van der Waals surface area contributed by atoms with Crippen LogP contribution < -0.4 is 10.6 Å². The van der Waals surface area contributed by atoms with Crippen molar-refractivity contribution in [3.05, 3.63) is 34.9 Å². The minimum Gasteiger partial charge on any atom is -0.315 e. The van der Waals surface area contributed by atoms with Crippen molar-refractivity contribution in [1.29, 1.82) is 0 Å². The summed E-state index contributed by atoms with van der Waals surface area (Å²) in [5.74, 6) is -2.61. The summed E-state index contributed by atoms with van der Waals surface area (Å²) in [6.45, 7) is -0.148. The van der Waals surface area contributed by atoms with Crippen LogP contribution in [0.3, 0.4) is 0 Å². The van der Waals surface area contributed by atoms with Crippen molar-refractivity contribution in [2.24, 2.45) is 0 Å². The van der Waals surface area contributed by atoms with E-state index in [4.69, 9.17) is 0 Å². The van der Waals surface area contributed by atoms with Crippen LogP contribution >= 0.6 is 0 Å². The highest BCUT2D eigenvalue weighted by molar-refractivity contribution is 6.24. The van der Waals surface area contributed by atoms with E-state index >= 15 is 0 Å². The summed E-state index contributed by atoms with van der Waals surface area (Å²) in [6, 6.07) is 3.01. The Morgan fingerprint density at radius 3 is 2.53 bits per heavy atom. The van der Waals surface area contributed by atoms with Crippen LogP contribution in [0.5, 0.6) is 0 Å². The summed E-state index contributed by atoms with van der Waals surface area (Å²) in [5.41, 5.74) is 0.398. The Hall–Kier alpha value is -2.79. The van der Waals surface area contributed by atoms with Gasteiger partial charge in [0.15, 0.2) is 0 Å². The van der Waals surface area contributed by atoms with Crippen LogP contribution in [-0.4, -0.2) is 71.3 Å². The predicted molar refractivity (Wildman–Crippen MR) is 105 cm³/mol. The molecule has 3 aliphatic rings. The van der Waals surface area contributed by atoms with Crippen molar-refractivity contribution in [1.82, 2.24) is 20.4 Å². The van der Waals surface area contributed by atoms with Gasteiger partial charge in [0.25, 0.3) is 11.8 Å². The summed E-state index contributed by atoms with van der Waals surface area (Å²) in [4.78, 5) is 51.9. The molecule has 0 bridgehead atoms. The van der Waals surface area contributed by atoms with Gasteiger partial charge in [0.2, 0.25) is 11.8 Å². The van der Waals surface area contributed by atoms with E-state index in [0.29, 0.717) is 18.5 Å². The van der Waals surface area contributed by atoms with E-state index in [1.807, 2.05) is 0 Å². The quantitative estimate of drug-likeness (QED) is 0.652. The van der Waals surface area contributed by atoms with Gasteiger partial charge < -0.3 is 5.32 Å². The first-order valence-corrected chi connectivity index (χ1v) is 10.5. The third-order valence-electron chi connectivity index (χ3n) is 6.10. The molecule has 1 aromatic carbocycles. The fraction of sp³-hybridized carbons (Fsp3) is 0.524. The van der Waals surface area contributed by atoms with Gasteiger partial charge in [-0.2, -0.15) is 13.2 Å². The number of fused-ring (bicyclic) bond motifs is 1.